The van der Waals surface area contributed by atoms with E-state index >= 15 is 0 Å². The Bertz CT molecular complexity index is 1590. The van der Waals surface area contributed by atoms with Crippen LogP contribution in [0.25, 0.3) is 21.9 Å². The molecule has 0 aliphatic heterocycles. The molecule has 0 unspecified atom stereocenters. The van der Waals surface area contributed by atoms with E-state index in [9.17, 15) is 18.3 Å². The Balaban J connectivity index is 1.31. The van der Waals surface area contributed by atoms with Gasteiger partial charge in [0.05, 0.1) is 16.8 Å². The summed E-state index contributed by atoms with van der Waals surface area (Å²) in [5.74, 6) is -0.877. The Morgan fingerprint density at radius 2 is 1.54 bits per heavy atom. The highest BCUT2D eigenvalue weighted by Gasteiger charge is 2.25. The van der Waals surface area contributed by atoms with Crippen LogP contribution in [0.15, 0.2) is 101 Å². The summed E-state index contributed by atoms with van der Waals surface area (Å²) in [4.78, 5) is 11.8. The van der Waals surface area contributed by atoms with Crippen molar-refractivity contribution in [3.05, 3.63) is 96.6 Å². The Kier molecular flexibility index (Phi) is 9.88. The number of likely N-dealkylation sites (N-methyl/N-ethyl adjacent to an activating group) is 1. The van der Waals surface area contributed by atoms with Crippen LogP contribution >= 0.6 is 11.8 Å². The van der Waals surface area contributed by atoms with Gasteiger partial charge in [0.15, 0.2) is 0 Å². The maximum Gasteiger partial charge on any atom is 0.313 e. The number of carboxylic acids is 1. The average molecular weight is 593 g/mol. The summed E-state index contributed by atoms with van der Waals surface area (Å²) >= 11 is 1.24. The summed E-state index contributed by atoms with van der Waals surface area (Å²) in [7, 11) is -2.32. The molecule has 1 atom stereocenters. The van der Waals surface area contributed by atoms with E-state index < -0.39 is 22.1 Å². The van der Waals surface area contributed by atoms with Crippen LogP contribution in [0.3, 0.4) is 0 Å². The number of aliphatic hydroxyl groups excluding tert-OH is 1. The number of benzene rings is 4. The predicted molar refractivity (Wildman–Crippen MR) is 166 cm³/mol. The van der Waals surface area contributed by atoms with E-state index in [-0.39, 0.29) is 29.3 Å². The van der Waals surface area contributed by atoms with Gasteiger partial charge < -0.3 is 15.5 Å². The normalized spacial score (nSPS) is 13.0. The second-order valence-electron chi connectivity index (χ2n) is 10.8. The number of hydrogen-bond donors (Lipinski definition) is 3. The van der Waals surface area contributed by atoms with Crippen molar-refractivity contribution in [2.45, 2.75) is 41.7 Å². The van der Waals surface area contributed by atoms with Crippen molar-refractivity contribution in [3.8, 4) is 11.1 Å². The number of aliphatic carboxylic acids is 1. The van der Waals surface area contributed by atoms with E-state index in [4.69, 9.17) is 5.11 Å². The molecule has 7 nitrogen and oxygen atoms in total. The van der Waals surface area contributed by atoms with Crippen LogP contribution in [-0.2, 0) is 21.2 Å². The van der Waals surface area contributed by atoms with E-state index in [2.05, 4.69) is 49.5 Å². The summed E-state index contributed by atoms with van der Waals surface area (Å²) in [5, 5.41) is 25.3. The molecule has 0 radical (unpaired) electrons. The zero-order chi connectivity index (χ0) is 29.6. The summed E-state index contributed by atoms with van der Waals surface area (Å²) in [6, 6.07) is 28.7. The van der Waals surface area contributed by atoms with Gasteiger partial charge in [0, 0.05) is 30.6 Å². The maximum atomic E-state index is 13.2. The molecule has 216 valence electrons. The summed E-state index contributed by atoms with van der Waals surface area (Å²) in [5.41, 5.74) is 2.63. The maximum absolute atomic E-state index is 13.2. The third-order valence-electron chi connectivity index (χ3n) is 6.86. The Labute approximate surface area is 246 Å². The quantitative estimate of drug-likeness (QED) is 0.182. The van der Waals surface area contributed by atoms with Gasteiger partial charge in [-0.3, -0.25) is 4.79 Å². The second kappa shape index (κ2) is 13.2. The molecule has 0 bridgehead atoms. The summed E-state index contributed by atoms with van der Waals surface area (Å²) in [6.07, 6.45) is -0.128. The number of carboxylic acid groups (broad SMARTS) is 1. The van der Waals surface area contributed by atoms with E-state index in [1.54, 1.807) is 24.3 Å². The lowest BCUT2D eigenvalue weighted by Gasteiger charge is -2.29. The van der Waals surface area contributed by atoms with Crippen molar-refractivity contribution in [1.29, 1.82) is 0 Å². The number of nitrogens with zero attached hydrogens (tertiary/aromatic N) is 1. The molecule has 0 aromatic heterocycles. The molecule has 4 aromatic rings. The molecule has 0 amide bonds. The standard InChI is InChI=1S/C32H36N2O5S2/c1-32(2,19-23-8-9-24-6-4-5-7-27(24)18-23)33-20-28(35)21-34(3)41(38,39)30-16-12-26(13-17-30)25-10-14-29(15-11-25)40-22-31(36)37/h4-18,28,33,35H,19-22H2,1-3H3,(H,36,37)/t28-/m1/s1. The highest BCUT2D eigenvalue weighted by atomic mass is 32.2. The van der Waals surface area contributed by atoms with Gasteiger partial charge in [0.25, 0.3) is 0 Å². The van der Waals surface area contributed by atoms with Crippen LogP contribution in [0.2, 0.25) is 0 Å². The molecule has 0 fully saturated rings. The fourth-order valence-corrected chi connectivity index (χ4v) is 6.49. The fraction of sp³-hybridized carbons (Fsp3) is 0.281. The zero-order valence-electron chi connectivity index (χ0n) is 23.4. The van der Waals surface area contributed by atoms with E-state index in [1.807, 2.05) is 36.4 Å². The van der Waals surface area contributed by atoms with Gasteiger partial charge >= 0.3 is 5.97 Å². The molecule has 3 N–H and O–H groups in total. The molecule has 9 heteroatoms. The summed E-state index contributed by atoms with van der Waals surface area (Å²) in [6.45, 7) is 4.34. The van der Waals surface area contributed by atoms with E-state index in [0.29, 0.717) is 0 Å². The van der Waals surface area contributed by atoms with Gasteiger partial charge in [-0.25, -0.2) is 8.42 Å². The lowest BCUT2D eigenvalue weighted by Crippen LogP contribution is -2.47. The van der Waals surface area contributed by atoms with Crippen LogP contribution in [0.4, 0.5) is 0 Å². The SMILES string of the molecule is CN(C[C@H](O)CNC(C)(C)Cc1ccc2ccccc2c1)S(=O)(=O)c1ccc(-c2ccc(SCC(=O)O)cc2)cc1. The molecular formula is C32H36N2O5S2. The minimum atomic E-state index is -3.79. The van der Waals surface area contributed by atoms with Crippen LogP contribution < -0.4 is 5.32 Å². The van der Waals surface area contributed by atoms with Gasteiger partial charge in [-0.1, -0.05) is 66.7 Å². The van der Waals surface area contributed by atoms with E-state index in [1.165, 1.54) is 39.5 Å². The lowest BCUT2D eigenvalue weighted by atomic mass is 9.93. The molecule has 0 saturated carbocycles. The Morgan fingerprint density at radius 3 is 2.17 bits per heavy atom. The first-order valence-electron chi connectivity index (χ1n) is 13.4. The van der Waals surface area contributed by atoms with Crippen molar-refractivity contribution in [2.75, 3.05) is 25.9 Å². The number of fused-ring (bicyclic) bond motifs is 1. The average Bonchev–Trinajstić information content (AvgIpc) is 2.95. The number of rotatable bonds is 13. The number of aliphatic hydroxyl groups is 1. The minimum Gasteiger partial charge on any atom is -0.481 e. The first-order chi connectivity index (χ1) is 19.4. The first kappa shape index (κ1) is 30.7. The van der Waals surface area contributed by atoms with Crippen molar-refractivity contribution >= 4 is 38.5 Å². The second-order valence-corrected chi connectivity index (χ2v) is 13.9. The van der Waals surface area contributed by atoms with Crippen LogP contribution in [0, 0.1) is 0 Å². The van der Waals surface area contributed by atoms with Crippen molar-refractivity contribution < 1.29 is 23.4 Å². The van der Waals surface area contributed by atoms with Gasteiger partial charge in [-0.05, 0) is 72.0 Å². The molecule has 41 heavy (non-hydrogen) atoms. The largest absolute Gasteiger partial charge is 0.481 e. The van der Waals surface area contributed by atoms with Gasteiger partial charge in [0.1, 0.15) is 0 Å². The molecule has 4 aromatic carbocycles. The van der Waals surface area contributed by atoms with Gasteiger partial charge in [0.2, 0.25) is 10.0 Å². The Hall–Kier alpha value is -3.21. The molecular weight excluding hydrogens is 556 g/mol. The summed E-state index contributed by atoms with van der Waals surface area (Å²) < 4.78 is 27.5. The third-order valence-corrected chi connectivity index (χ3v) is 9.69. The molecule has 4 rings (SSSR count). The third kappa shape index (κ3) is 8.40. The number of thioether (sulfide) groups is 1. The van der Waals surface area contributed by atoms with Crippen molar-refractivity contribution in [3.63, 3.8) is 0 Å². The van der Waals surface area contributed by atoms with E-state index in [0.717, 1.165) is 22.4 Å². The highest BCUT2D eigenvalue weighted by molar-refractivity contribution is 8.00. The fourth-order valence-electron chi connectivity index (χ4n) is 4.66. The smallest absolute Gasteiger partial charge is 0.313 e. The van der Waals surface area contributed by atoms with Crippen LogP contribution in [-0.4, -0.2) is 66.4 Å². The molecule has 0 aliphatic rings. The molecule has 0 saturated heterocycles. The van der Waals surface area contributed by atoms with Crippen molar-refractivity contribution in [2.24, 2.45) is 0 Å². The zero-order valence-corrected chi connectivity index (χ0v) is 25.1. The number of sulfonamides is 1. The Morgan fingerprint density at radius 1 is 0.927 bits per heavy atom. The monoisotopic (exact) mass is 592 g/mol. The number of nitrogens with one attached hydrogen (secondary N) is 1. The molecule has 0 heterocycles. The lowest BCUT2D eigenvalue weighted by molar-refractivity contribution is -0.133. The van der Waals surface area contributed by atoms with Crippen LogP contribution in [0.1, 0.15) is 19.4 Å². The van der Waals surface area contributed by atoms with Crippen molar-refractivity contribution in [1.82, 2.24) is 9.62 Å². The number of carbonyl (C=O) groups is 1. The number of hydrogen-bond acceptors (Lipinski definition) is 6. The van der Waals surface area contributed by atoms with Crippen LogP contribution in [0.5, 0.6) is 0 Å². The predicted octanol–water partition coefficient (Wildman–Crippen LogP) is 5.28. The number of β-amino-alcohol motifs (C(OH)–C–C–N with tert-alkyl or cyclic N) is 1. The minimum absolute atomic E-state index is 0.00668. The highest BCUT2D eigenvalue weighted by Crippen LogP contribution is 2.26. The molecule has 0 spiro atoms. The first-order valence-corrected chi connectivity index (χ1v) is 15.8. The molecule has 0 aliphatic carbocycles. The van der Waals surface area contributed by atoms with Gasteiger partial charge in [-0.15, -0.1) is 11.8 Å². The van der Waals surface area contributed by atoms with Gasteiger partial charge in [-0.2, -0.15) is 4.31 Å². The topological polar surface area (TPSA) is 107 Å².